The summed E-state index contributed by atoms with van der Waals surface area (Å²) in [6.07, 6.45) is 1.78. The minimum absolute atomic E-state index is 0.00211. The zero-order chi connectivity index (χ0) is 17.8. The molecule has 0 aliphatic carbocycles. The van der Waals surface area contributed by atoms with E-state index in [0.717, 1.165) is 41.7 Å². The average Bonchev–Trinajstić information content (AvgIpc) is 3.10. The first-order valence-electron chi connectivity index (χ1n) is 8.74. The van der Waals surface area contributed by atoms with Crippen LogP contribution in [0.15, 0.2) is 52.9 Å². The van der Waals surface area contributed by atoms with Crippen molar-refractivity contribution in [3.05, 3.63) is 59.7 Å². The quantitative estimate of drug-likeness (QED) is 0.658. The van der Waals surface area contributed by atoms with Gasteiger partial charge in [0.05, 0.1) is 10.2 Å². The van der Waals surface area contributed by atoms with Gasteiger partial charge in [-0.15, -0.1) is 11.3 Å². The minimum atomic E-state index is 0.00211. The fourth-order valence-electron chi connectivity index (χ4n) is 2.92. The first-order chi connectivity index (χ1) is 12.8. The zero-order valence-electron chi connectivity index (χ0n) is 14.3. The Bertz CT molecular complexity index is 853. The van der Waals surface area contributed by atoms with Gasteiger partial charge in [0, 0.05) is 30.6 Å². The number of thiazole rings is 1. The van der Waals surface area contributed by atoms with E-state index in [1.807, 2.05) is 42.5 Å². The van der Waals surface area contributed by atoms with Crippen molar-refractivity contribution < 1.29 is 9.53 Å². The van der Waals surface area contributed by atoms with Crippen LogP contribution in [0.2, 0.25) is 0 Å². The smallest absolute Gasteiger partial charge is 0.251 e. The number of nitrogens with zero attached hydrogens (tertiary/aromatic N) is 1. The highest BCUT2D eigenvalue weighted by Crippen LogP contribution is 2.31. The van der Waals surface area contributed by atoms with E-state index in [4.69, 9.17) is 4.74 Å². The van der Waals surface area contributed by atoms with Gasteiger partial charge in [-0.3, -0.25) is 4.79 Å². The summed E-state index contributed by atoms with van der Waals surface area (Å²) < 4.78 is 7.62. The minimum Gasteiger partial charge on any atom is -0.381 e. The lowest BCUT2D eigenvalue weighted by Crippen LogP contribution is -2.38. The van der Waals surface area contributed by atoms with Crippen LogP contribution in [0.4, 0.5) is 0 Å². The molecule has 2 heterocycles. The number of fused-ring (bicyclic) bond motifs is 1. The lowest BCUT2D eigenvalue weighted by Gasteiger charge is -2.23. The number of ether oxygens (including phenoxy) is 1. The van der Waals surface area contributed by atoms with Gasteiger partial charge >= 0.3 is 0 Å². The van der Waals surface area contributed by atoms with Gasteiger partial charge in [0.1, 0.15) is 0 Å². The second kappa shape index (κ2) is 8.20. The number of rotatable bonds is 5. The number of nitrogens with one attached hydrogen (secondary N) is 1. The van der Waals surface area contributed by atoms with Crippen molar-refractivity contribution in [1.29, 1.82) is 0 Å². The summed E-state index contributed by atoms with van der Waals surface area (Å²) in [6.45, 7) is 1.46. The third-order valence-electron chi connectivity index (χ3n) is 4.41. The van der Waals surface area contributed by atoms with E-state index in [-0.39, 0.29) is 11.9 Å². The third kappa shape index (κ3) is 4.26. The van der Waals surface area contributed by atoms with Gasteiger partial charge in [0.25, 0.3) is 5.91 Å². The topological polar surface area (TPSA) is 51.2 Å². The molecule has 0 unspecified atom stereocenters. The highest BCUT2D eigenvalue weighted by molar-refractivity contribution is 8.00. The molecule has 0 radical (unpaired) electrons. The molecule has 1 aliphatic heterocycles. The van der Waals surface area contributed by atoms with Crippen LogP contribution >= 0.6 is 23.1 Å². The van der Waals surface area contributed by atoms with E-state index in [1.54, 1.807) is 23.1 Å². The normalized spacial score (nSPS) is 15.2. The summed E-state index contributed by atoms with van der Waals surface area (Å²) in [5, 5.41) is 3.09. The van der Waals surface area contributed by atoms with Crippen LogP contribution in [0.3, 0.4) is 0 Å². The molecule has 0 spiro atoms. The second-order valence-electron chi connectivity index (χ2n) is 6.29. The molecule has 1 amide bonds. The van der Waals surface area contributed by atoms with Crippen LogP contribution in [-0.4, -0.2) is 30.1 Å². The average molecular weight is 385 g/mol. The monoisotopic (exact) mass is 384 g/mol. The molecule has 4 rings (SSSR count). The van der Waals surface area contributed by atoms with Crippen LogP contribution in [0.1, 0.15) is 28.8 Å². The predicted molar refractivity (Wildman–Crippen MR) is 107 cm³/mol. The van der Waals surface area contributed by atoms with E-state index < -0.39 is 0 Å². The SMILES string of the molecule is O=C(NC1CCOCC1)c1ccc(CSc2nc3ccccc3s2)cc1. The van der Waals surface area contributed by atoms with Gasteiger partial charge in [-0.25, -0.2) is 4.98 Å². The van der Waals surface area contributed by atoms with Crippen molar-refractivity contribution in [2.75, 3.05) is 13.2 Å². The number of para-hydroxylation sites is 1. The summed E-state index contributed by atoms with van der Waals surface area (Å²) in [5.74, 6) is 0.851. The Balaban J connectivity index is 1.34. The molecule has 0 atom stereocenters. The summed E-state index contributed by atoms with van der Waals surface area (Å²) in [7, 11) is 0. The zero-order valence-corrected chi connectivity index (χ0v) is 15.9. The molecule has 1 saturated heterocycles. The van der Waals surface area contributed by atoms with E-state index >= 15 is 0 Å². The largest absolute Gasteiger partial charge is 0.381 e. The van der Waals surface area contributed by atoms with Crippen molar-refractivity contribution in [3.8, 4) is 0 Å². The molecule has 2 aromatic carbocycles. The molecule has 1 aromatic heterocycles. The highest BCUT2D eigenvalue weighted by atomic mass is 32.2. The third-order valence-corrected chi connectivity index (χ3v) is 6.66. The van der Waals surface area contributed by atoms with Crippen molar-refractivity contribution in [2.45, 2.75) is 29.0 Å². The van der Waals surface area contributed by atoms with Gasteiger partial charge < -0.3 is 10.1 Å². The fourth-order valence-corrected chi connectivity index (χ4v) is 4.95. The van der Waals surface area contributed by atoms with Crippen LogP contribution in [0, 0.1) is 0 Å². The first-order valence-corrected chi connectivity index (χ1v) is 10.5. The molecule has 4 nitrogen and oxygen atoms in total. The van der Waals surface area contributed by atoms with Crippen molar-refractivity contribution >= 4 is 39.2 Å². The van der Waals surface area contributed by atoms with Gasteiger partial charge in [-0.1, -0.05) is 36.0 Å². The number of thioether (sulfide) groups is 1. The Morgan fingerprint density at radius 2 is 1.92 bits per heavy atom. The first kappa shape index (κ1) is 17.5. The molecule has 134 valence electrons. The molecular formula is C20H20N2O2S2. The Morgan fingerprint density at radius 3 is 2.69 bits per heavy atom. The molecule has 0 bridgehead atoms. The molecule has 26 heavy (non-hydrogen) atoms. The van der Waals surface area contributed by atoms with Gasteiger partial charge in [0.2, 0.25) is 0 Å². The molecule has 6 heteroatoms. The number of hydrogen-bond donors (Lipinski definition) is 1. The number of carbonyl (C=O) groups excluding carboxylic acids is 1. The maximum absolute atomic E-state index is 12.3. The summed E-state index contributed by atoms with van der Waals surface area (Å²) in [5.41, 5.74) is 2.96. The van der Waals surface area contributed by atoms with Gasteiger partial charge in [0.15, 0.2) is 4.34 Å². The number of benzene rings is 2. The number of hydrogen-bond acceptors (Lipinski definition) is 5. The number of amides is 1. The van der Waals surface area contributed by atoms with E-state index in [9.17, 15) is 4.79 Å². The number of aromatic nitrogens is 1. The standard InChI is InChI=1S/C20H20N2O2S2/c23-19(21-16-9-11-24-12-10-16)15-7-5-14(6-8-15)13-25-20-22-17-3-1-2-4-18(17)26-20/h1-8,16H,9-13H2,(H,21,23). The Labute approximate surface area is 161 Å². The lowest BCUT2D eigenvalue weighted by molar-refractivity contribution is 0.0696. The molecular weight excluding hydrogens is 364 g/mol. The second-order valence-corrected chi connectivity index (χ2v) is 8.55. The molecule has 0 saturated carbocycles. The maximum Gasteiger partial charge on any atom is 0.251 e. The maximum atomic E-state index is 12.3. The Morgan fingerprint density at radius 1 is 1.15 bits per heavy atom. The van der Waals surface area contributed by atoms with Crippen molar-refractivity contribution in [2.24, 2.45) is 0 Å². The summed E-state index contributed by atoms with van der Waals surface area (Å²) >= 11 is 3.46. The van der Waals surface area contributed by atoms with Crippen LogP contribution in [0.5, 0.6) is 0 Å². The molecule has 3 aromatic rings. The van der Waals surface area contributed by atoms with Crippen LogP contribution < -0.4 is 5.32 Å². The highest BCUT2D eigenvalue weighted by Gasteiger charge is 2.16. The summed E-state index contributed by atoms with van der Waals surface area (Å²) in [4.78, 5) is 17.0. The van der Waals surface area contributed by atoms with E-state index in [0.29, 0.717) is 5.56 Å². The summed E-state index contributed by atoms with van der Waals surface area (Å²) in [6, 6.07) is 16.3. The predicted octanol–water partition coefficient (Wildman–Crippen LogP) is 4.50. The fraction of sp³-hybridized carbons (Fsp3) is 0.300. The van der Waals surface area contributed by atoms with Gasteiger partial charge in [-0.2, -0.15) is 0 Å². The molecule has 1 aliphatic rings. The Kier molecular flexibility index (Phi) is 5.53. The van der Waals surface area contributed by atoms with E-state index in [2.05, 4.69) is 16.4 Å². The number of carbonyl (C=O) groups is 1. The lowest BCUT2D eigenvalue weighted by atomic mass is 10.1. The van der Waals surface area contributed by atoms with Crippen molar-refractivity contribution in [1.82, 2.24) is 10.3 Å². The van der Waals surface area contributed by atoms with Crippen LogP contribution in [-0.2, 0) is 10.5 Å². The van der Waals surface area contributed by atoms with Crippen molar-refractivity contribution in [3.63, 3.8) is 0 Å². The Hall–Kier alpha value is -1.89. The van der Waals surface area contributed by atoms with Gasteiger partial charge in [-0.05, 0) is 42.7 Å². The molecule has 1 fully saturated rings. The van der Waals surface area contributed by atoms with Crippen LogP contribution in [0.25, 0.3) is 10.2 Å². The van der Waals surface area contributed by atoms with E-state index in [1.165, 1.54) is 10.3 Å². The molecule has 1 N–H and O–H groups in total.